The van der Waals surface area contributed by atoms with Crippen LogP contribution < -0.4 is 0 Å². The summed E-state index contributed by atoms with van der Waals surface area (Å²) >= 11 is 0. The van der Waals surface area contributed by atoms with E-state index in [1.165, 1.54) is 42.9 Å². The lowest BCUT2D eigenvalue weighted by atomic mass is 9.89. The summed E-state index contributed by atoms with van der Waals surface area (Å²) in [6.45, 7) is 0. The van der Waals surface area contributed by atoms with Crippen molar-refractivity contribution in [1.82, 2.24) is 39.5 Å². The molecule has 7 rings (SSSR count). The van der Waals surface area contributed by atoms with Gasteiger partial charge in [-0.05, 0) is 48.7 Å². The summed E-state index contributed by atoms with van der Waals surface area (Å²) in [5.41, 5.74) is 0.241. The Bertz CT molecular complexity index is 2480. The van der Waals surface area contributed by atoms with Crippen molar-refractivity contribution in [3.63, 3.8) is 0 Å². The minimum atomic E-state index is -4.66. The smallest absolute Gasteiger partial charge is 0.261 e. The third kappa shape index (κ3) is 7.42. The predicted molar refractivity (Wildman–Crippen MR) is 173 cm³/mol. The van der Waals surface area contributed by atoms with Crippen LogP contribution in [0.1, 0.15) is 22.5 Å². The number of sulfone groups is 2. The van der Waals surface area contributed by atoms with Gasteiger partial charge >= 0.3 is 12.4 Å². The molecule has 1 aliphatic rings. The van der Waals surface area contributed by atoms with Crippen molar-refractivity contribution in [3.8, 4) is 34.3 Å². The van der Waals surface area contributed by atoms with E-state index >= 15 is 0 Å². The first kappa shape index (κ1) is 36.3. The van der Waals surface area contributed by atoms with Gasteiger partial charge in [-0.15, -0.1) is 0 Å². The molecular formula is C32H24F6N8O4S2. The largest absolute Gasteiger partial charge is 0.435 e. The van der Waals surface area contributed by atoms with Gasteiger partial charge in [-0.3, -0.25) is 9.97 Å². The van der Waals surface area contributed by atoms with E-state index < -0.39 is 43.4 Å². The van der Waals surface area contributed by atoms with Crippen LogP contribution >= 0.6 is 0 Å². The van der Waals surface area contributed by atoms with E-state index in [-0.39, 0.29) is 44.8 Å². The van der Waals surface area contributed by atoms with Gasteiger partial charge < -0.3 is 0 Å². The molecule has 1 aromatic carbocycles. The number of rotatable bonds is 5. The molecule has 0 saturated heterocycles. The zero-order valence-electron chi connectivity index (χ0n) is 26.8. The fraction of sp³-hybridized carbons (Fsp3) is 0.188. The molecule has 6 aromatic rings. The average molecular weight is 763 g/mol. The summed E-state index contributed by atoms with van der Waals surface area (Å²) in [7, 11) is -6.93. The molecule has 0 bridgehead atoms. The minimum Gasteiger partial charge on any atom is -0.261 e. The molecular weight excluding hydrogens is 739 g/mol. The Kier molecular flexibility index (Phi) is 9.24. The third-order valence-electron chi connectivity index (χ3n) is 7.73. The van der Waals surface area contributed by atoms with Crippen molar-refractivity contribution >= 4 is 19.7 Å². The first-order valence-electron chi connectivity index (χ1n) is 14.9. The molecule has 0 atom stereocenters. The Hall–Kier alpha value is -5.50. The molecule has 5 aromatic heterocycles. The van der Waals surface area contributed by atoms with Gasteiger partial charge in [-0.25, -0.2) is 36.2 Å². The van der Waals surface area contributed by atoms with Crippen molar-refractivity contribution in [2.24, 2.45) is 0 Å². The SMILES string of the molecule is CS(=O)(=O)c1ccc(-n2nc(C(F)(F)F)c3c2-c2ccccc2CC3)nc1.CS(=O)(=O)c1ccc(-n2nc(C(F)(F)F)cc2-c2cnccn2)nc1. The highest BCUT2D eigenvalue weighted by atomic mass is 32.2. The van der Waals surface area contributed by atoms with Crippen LogP contribution in [0.5, 0.6) is 0 Å². The van der Waals surface area contributed by atoms with Crippen molar-refractivity contribution in [3.05, 3.63) is 108 Å². The highest BCUT2D eigenvalue weighted by Crippen LogP contribution is 2.42. The van der Waals surface area contributed by atoms with Crippen molar-refractivity contribution < 1.29 is 43.2 Å². The Morgan fingerprint density at radius 2 is 1.29 bits per heavy atom. The van der Waals surface area contributed by atoms with E-state index in [0.29, 0.717) is 17.7 Å². The molecule has 0 unspecified atom stereocenters. The van der Waals surface area contributed by atoms with E-state index in [1.807, 2.05) is 12.1 Å². The first-order valence-corrected chi connectivity index (χ1v) is 18.6. The van der Waals surface area contributed by atoms with Crippen LogP contribution in [-0.4, -0.2) is 68.8 Å². The zero-order valence-corrected chi connectivity index (χ0v) is 28.4. The van der Waals surface area contributed by atoms with Gasteiger partial charge in [-0.2, -0.15) is 36.5 Å². The maximum absolute atomic E-state index is 13.5. The zero-order chi connectivity index (χ0) is 37.6. The predicted octanol–water partition coefficient (Wildman–Crippen LogP) is 5.60. The summed E-state index contributed by atoms with van der Waals surface area (Å²) in [6.07, 6.45) is -0.292. The van der Waals surface area contributed by atoms with E-state index in [4.69, 9.17) is 0 Å². The maximum Gasteiger partial charge on any atom is 0.435 e. The van der Waals surface area contributed by atoms with Crippen molar-refractivity contribution in [2.75, 3.05) is 12.5 Å². The third-order valence-corrected chi connectivity index (χ3v) is 9.92. The maximum atomic E-state index is 13.5. The van der Waals surface area contributed by atoms with Crippen LogP contribution in [0.3, 0.4) is 0 Å². The van der Waals surface area contributed by atoms with Gasteiger partial charge in [0, 0.05) is 48.4 Å². The molecule has 5 heterocycles. The number of aromatic nitrogens is 8. The highest BCUT2D eigenvalue weighted by molar-refractivity contribution is 7.91. The average Bonchev–Trinajstić information content (AvgIpc) is 3.72. The number of hydrogen-bond acceptors (Lipinski definition) is 10. The van der Waals surface area contributed by atoms with E-state index in [1.54, 1.807) is 12.1 Å². The minimum absolute atomic E-state index is 0.0104. The number of aryl methyl sites for hydroxylation is 1. The van der Waals surface area contributed by atoms with Crippen LogP contribution in [0.4, 0.5) is 26.3 Å². The fourth-order valence-corrected chi connectivity index (χ4v) is 6.45. The number of fused-ring (bicyclic) bond motifs is 3. The van der Waals surface area contributed by atoms with Crippen LogP contribution in [0.25, 0.3) is 34.3 Å². The molecule has 52 heavy (non-hydrogen) atoms. The molecule has 0 amide bonds. The number of hydrogen-bond donors (Lipinski definition) is 0. The summed E-state index contributed by atoms with van der Waals surface area (Å²) in [4.78, 5) is 15.7. The van der Waals surface area contributed by atoms with Gasteiger partial charge in [-0.1, -0.05) is 24.3 Å². The van der Waals surface area contributed by atoms with Crippen LogP contribution in [-0.2, 0) is 44.9 Å². The van der Waals surface area contributed by atoms with E-state index in [2.05, 4.69) is 30.1 Å². The molecule has 0 aliphatic heterocycles. The quantitative estimate of drug-likeness (QED) is 0.203. The fourth-order valence-electron chi connectivity index (χ4n) is 5.33. The van der Waals surface area contributed by atoms with E-state index in [0.717, 1.165) is 45.9 Å². The number of alkyl halides is 6. The van der Waals surface area contributed by atoms with Crippen LogP contribution in [0.15, 0.2) is 95.4 Å². The molecule has 0 saturated carbocycles. The molecule has 0 N–H and O–H groups in total. The number of benzene rings is 1. The Morgan fingerprint density at radius 3 is 1.81 bits per heavy atom. The molecule has 20 heteroatoms. The second kappa shape index (κ2) is 13.2. The van der Waals surface area contributed by atoms with Gasteiger partial charge in [0.1, 0.15) is 5.69 Å². The van der Waals surface area contributed by atoms with E-state index in [9.17, 15) is 43.2 Å². The highest BCUT2D eigenvalue weighted by Gasteiger charge is 2.41. The normalized spacial score (nSPS) is 13.2. The molecule has 12 nitrogen and oxygen atoms in total. The van der Waals surface area contributed by atoms with Gasteiger partial charge in [0.05, 0.1) is 27.4 Å². The monoisotopic (exact) mass is 762 g/mol. The number of nitrogens with zero attached hydrogens (tertiary/aromatic N) is 8. The van der Waals surface area contributed by atoms with Gasteiger partial charge in [0.15, 0.2) is 42.7 Å². The first-order chi connectivity index (χ1) is 24.3. The second-order valence-electron chi connectivity index (χ2n) is 11.4. The molecule has 0 fully saturated rings. The molecule has 0 spiro atoms. The van der Waals surface area contributed by atoms with Crippen molar-refractivity contribution in [2.45, 2.75) is 35.0 Å². The second-order valence-corrected chi connectivity index (χ2v) is 15.4. The lowest BCUT2D eigenvalue weighted by Crippen LogP contribution is -2.11. The molecule has 270 valence electrons. The summed E-state index contributed by atoms with van der Waals surface area (Å²) in [6, 6.07) is 13.3. The lowest BCUT2D eigenvalue weighted by molar-refractivity contribution is -0.142. The summed E-state index contributed by atoms with van der Waals surface area (Å²) in [5, 5.41) is 7.34. The van der Waals surface area contributed by atoms with Gasteiger partial charge in [0.2, 0.25) is 0 Å². The standard InChI is InChI=1S/C18H14F3N3O2S.C14H10F3N5O2S/c1-27(25,26)12-7-9-15(22-10-12)24-16-13-5-3-2-4-11(13)6-8-14(16)17(23-24)18(19,20)21;1-25(23,24)9-2-3-13(20-7-9)22-11(10-8-18-4-5-19-10)6-12(21-22)14(15,16)17/h2-5,7,9-10H,6,8H2,1H3;2-8H,1H3. The van der Waals surface area contributed by atoms with Crippen LogP contribution in [0.2, 0.25) is 0 Å². The molecule has 0 radical (unpaired) electrons. The molecule has 1 aliphatic carbocycles. The van der Waals surface area contributed by atoms with Crippen LogP contribution in [0, 0.1) is 0 Å². The van der Waals surface area contributed by atoms with Gasteiger partial charge in [0.25, 0.3) is 0 Å². The topological polar surface area (TPSA) is 155 Å². The Labute approximate surface area is 291 Å². The van der Waals surface area contributed by atoms with Crippen molar-refractivity contribution in [1.29, 1.82) is 0 Å². The summed E-state index contributed by atoms with van der Waals surface area (Å²) in [5.74, 6) is 0.148. The summed E-state index contributed by atoms with van der Waals surface area (Å²) < 4.78 is 128. The Balaban J connectivity index is 0.000000179. The number of halogens is 6. The lowest BCUT2D eigenvalue weighted by Gasteiger charge is -2.18. The Morgan fingerprint density at radius 1 is 0.673 bits per heavy atom. The number of pyridine rings is 2.